The Bertz CT molecular complexity index is 933. The second-order valence-electron chi connectivity index (χ2n) is 6.90. The zero-order chi connectivity index (χ0) is 20.8. The Balaban J connectivity index is 1.66. The number of aryl methyl sites for hydroxylation is 1. The maximum absolute atomic E-state index is 12.5. The maximum atomic E-state index is 12.5. The highest BCUT2D eigenvalue weighted by Crippen LogP contribution is 2.27. The van der Waals surface area contributed by atoms with Gasteiger partial charge in [0.15, 0.2) is 11.8 Å². The first kappa shape index (κ1) is 20.4. The van der Waals surface area contributed by atoms with Crippen molar-refractivity contribution in [1.82, 2.24) is 10.3 Å². The molecule has 1 aromatic heterocycles. The monoisotopic (exact) mass is 395 g/mol. The van der Waals surface area contributed by atoms with E-state index in [-0.39, 0.29) is 17.8 Å². The number of aromatic nitrogens is 2. The van der Waals surface area contributed by atoms with Crippen LogP contribution in [0.1, 0.15) is 33.3 Å². The second-order valence-corrected chi connectivity index (χ2v) is 6.90. The van der Waals surface area contributed by atoms with Crippen LogP contribution in [-0.2, 0) is 11.2 Å². The van der Waals surface area contributed by atoms with Gasteiger partial charge in [-0.15, -0.1) is 0 Å². The number of hydrogen-bond acceptors (Lipinski definition) is 6. The molecular formula is C22H25N3O4. The lowest BCUT2D eigenvalue weighted by Crippen LogP contribution is -2.30. The Morgan fingerprint density at radius 2 is 1.59 bits per heavy atom. The van der Waals surface area contributed by atoms with Crippen LogP contribution in [0.3, 0.4) is 0 Å². The number of nitrogens with one attached hydrogen (secondary N) is 1. The number of rotatable bonds is 8. The van der Waals surface area contributed by atoms with Crippen molar-refractivity contribution in [3.8, 4) is 22.8 Å². The van der Waals surface area contributed by atoms with Crippen molar-refractivity contribution in [2.75, 3.05) is 5.32 Å². The number of carbonyl (C=O) groups excluding carboxylic acids is 1. The molecule has 3 rings (SSSR count). The van der Waals surface area contributed by atoms with Gasteiger partial charge in [0.05, 0.1) is 6.10 Å². The largest absolute Gasteiger partial charge is 0.491 e. The summed E-state index contributed by atoms with van der Waals surface area (Å²) in [6.07, 6.45) is 0.320. The number of nitrogens with zero attached hydrogens (tertiary/aromatic N) is 2. The third-order valence-electron chi connectivity index (χ3n) is 4.24. The van der Waals surface area contributed by atoms with Crippen LogP contribution < -0.4 is 14.8 Å². The number of benzene rings is 2. The zero-order valence-corrected chi connectivity index (χ0v) is 17.0. The molecule has 3 aromatic rings. The minimum atomic E-state index is -0.714. The molecule has 0 aliphatic carbocycles. The molecule has 7 nitrogen and oxygen atoms in total. The minimum Gasteiger partial charge on any atom is -0.491 e. The standard InChI is InChI=1S/C22H25N3O4/c1-5-16-6-10-19(11-7-16)28-15(4)22(26)23-21-20(24-29-25-21)17-8-12-18(13-9-17)27-14(2)3/h6-15H,5H2,1-4H3,(H,23,25,26)/t15-/m1/s1. The summed E-state index contributed by atoms with van der Waals surface area (Å²) >= 11 is 0. The van der Waals surface area contributed by atoms with E-state index in [0.29, 0.717) is 11.4 Å². The third-order valence-corrected chi connectivity index (χ3v) is 4.24. The molecule has 152 valence electrons. The van der Waals surface area contributed by atoms with E-state index < -0.39 is 6.10 Å². The molecule has 0 saturated carbocycles. The van der Waals surface area contributed by atoms with Gasteiger partial charge in [-0.05, 0) is 79.5 Å². The van der Waals surface area contributed by atoms with Crippen LogP contribution in [0.2, 0.25) is 0 Å². The Hall–Kier alpha value is -3.35. The lowest BCUT2D eigenvalue weighted by molar-refractivity contribution is -0.122. The lowest BCUT2D eigenvalue weighted by Gasteiger charge is -2.14. The van der Waals surface area contributed by atoms with Gasteiger partial charge in [-0.3, -0.25) is 4.79 Å². The average Bonchev–Trinajstić information content (AvgIpc) is 3.16. The molecule has 2 aromatic carbocycles. The molecule has 1 atom stereocenters. The van der Waals surface area contributed by atoms with Gasteiger partial charge >= 0.3 is 0 Å². The van der Waals surface area contributed by atoms with Crippen LogP contribution >= 0.6 is 0 Å². The molecule has 0 unspecified atom stereocenters. The minimum absolute atomic E-state index is 0.0871. The summed E-state index contributed by atoms with van der Waals surface area (Å²) in [5, 5.41) is 10.4. The van der Waals surface area contributed by atoms with Gasteiger partial charge in [-0.2, -0.15) is 0 Å². The molecule has 0 bridgehead atoms. The van der Waals surface area contributed by atoms with Crippen LogP contribution in [0.15, 0.2) is 53.2 Å². The molecule has 0 spiro atoms. The normalized spacial score (nSPS) is 11.9. The first-order valence-electron chi connectivity index (χ1n) is 9.62. The molecule has 7 heteroatoms. The molecule has 0 aliphatic rings. The van der Waals surface area contributed by atoms with Gasteiger partial charge in [0.2, 0.25) is 5.82 Å². The molecule has 0 radical (unpaired) electrons. The SMILES string of the molecule is CCc1ccc(O[C@H](C)C(=O)Nc2nonc2-c2ccc(OC(C)C)cc2)cc1. The number of carbonyl (C=O) groups is 1. The first-order chi connectivity index (χ1) is 14.0. The fraction of sp³-hybridized carbons (Fsp3) is 0.318. The highest BCUT2D eigenvalue weighted by Gasteiger charge is 2.20. The molecule has 1 N–H and O–H groups in total. The average molecular weight is 395 g/mol. The predicted octanol–water partition coefficient (Wildman–Crippen LogP) is 4.49. The van der Waals surface area contributed by atoms with Gasteiger partial charge < -0.3 is 14.8 Å². The molecule has 0 fully saturated rings. The Morgan fingerprint density at radius 1 is 0.966 bits per heavy atom. The number of amides is 1. The van der Waals surface area contributed by atoms with E-state index >= 15 is 0 Å². The van der Waals surface area contributed by atoms with Crippen molar-refractivity contribution in [1.29, 1.82) is 0 Å². The van der Waals surface area contributed by atoms with Crippen molar-refractivity contribution >= 4 is 11.7 Å². The topological polar surface area (TPSA) is 86.5 Å². The number of ether oxygens (including phenoxy) is 2. The smallest absolute Gasteiger partial charge is 0.266 e. The van der Waals surface area contributed by atoms with Crippen molar-refractivity contribution in [3.05, 3.63) is 54.1 Å². The van der Waals surface area contributed by atoms with Crippen molar-refractivity contribution < 1.29 is 18.9 Å². The molecule has 1 amide bonds. The van der Waals surface area contributed by atoms with Gasteiger partial charge in [-0.25, -0.2) is 4.63 Å². The number of anilines is 1. The fourth-order valence-corrected chi connectivity index (χ4v) is 2.70. The molecule has 29 heavy (non-hydrogen) atoms. The van der Waals surface area contributed by atoms with Crippen LogP contribution in [0.25, 0.3) is 11.3 Å². The summed E-state index contributed by atoms with van der Waals surface area (Å²) in [6, 6.07) is 15.0. The second kappa shape index (κ2) is 9.23. The maximum Gasteiger partial charge on any atom is 0.266 e. The van der Waals surface area contributed by atoms with Crippen LogP contribution in [0.5, 0.6) is 11.5 Å². The van der Waals surface area contributed by atoms with Crippen molar-refractivity contribution in [3.63, 3.8) is 0 Å². The number of hydrogen-bond donors (Lipinski definition) is 1. The molecule has 1 heterocycles. The summed E-state index contributed by atoms with van der Waals surface area (Å²) in [4.78, 5) is 12.5. The van der Waals surface area contributed by atoms with E-state index in [1.165, 1.54) is 5.56 Å². The van der Waals surface area contributed by atoms with Gasteiger partial charge in [0.25, 0.3) is 5.91 Å². The molecular weight excluding hydrogens is 370 g/mol. The Kier molecular flexibility index (Phi) is 6.49. The predicted molar refractivity (Wildman–Crippen MR) is 110 cm³/mol. The molecule has 0 saturated heterocycles. The lowest BCUT2D eigenvalue weighted by atomic mass is 10.1. The first-order valence-corrected chi connectivity index (χ1v) is 9.62. The van der Waals surface area contributed by atoms with E-state index in [2.05, 4.69) is 22.6 Å². The zero-order valence-electron chi connectivity index (χ0n) is 17.0. The van der Waals surface area contributed by atoms with E-state index in [0.717, 1.165) is 17.7 Å². The van der Waals surface area contributed by atoms with E-state index in [9.17, 15) is 4.79 Å². The summed E-state index contributed by atoms with van der Waals surface area (Å²) in [5.41, 5.74) is 2.40. The summed E-state index contributed by atoms with van der Waals surface area (Å²) in [6.45, 7) is 7.68. The molecule has 0 aliphatic heterocycles. The Morgan fingerprint density at radius 3 is 2.21 bits per heavy atom. The summed E-state index contributed by atoms with van der Waals surface area (Å²) in [7, 11) is 0. The van der Waals surface area contributed by atoms with E-state index in [1.807, 2.05) is 62.4 Å². The van der Waals surface area contributed by atoms with Gasteiger partial charge in [0.1, 0.15) is 11.5 Å². The highest BCUT2D eigenvalue weighted by molar-refractivity contribution is 5.95. The van der Waals surface area contributed by atoms with E-state index in [1.54, 1.807) is 6.92 Å². The van der Waals surface area contributed by atoms with Gasteiger partial charge in [-0.1, -0.05) is 19.1 Å². The Labute approximate surface area is 170 Å². The quantitative estimate of drug-likeness (QED) is 0.605. The summed E-state index contributed by atoms with van der Waals surface area (Å²) < 4.78 is 16.2. The van der Waals surface area contributed by atoms with Crippen LogP contribution in [0.4, 0.5) is 5.82 Å². The van der Waals surface area contributed by atoms with Crippen molar-refractivity contribution in [2.24, 2.45) is 0 Å². The van der Waals surface area contributed by atoms with Crippen molar-refractivity contribution in [2.45, 2.75) is 46.3 Å². The summed E-state index contributed by atoms with van der Waals surface area (Å²) in [5.74, 6) is 1.27. The van der Waals surface area contributed by atoms with Crippen LogP contribution in [0, 0.1) is 0 Å². The van der Waals surface area contributed by atoms with Crippen LogP contribution in [-0.4, -0.2) is 28.4 Å². The third kappa shape index (κ3) is 5.34. The highest BCUT2D eigenvalue weighted by atomic mass is 16.6. The van der Waals surface area contributed by atoms with Gasteiger partial charge in [0, 0.05) is 5.56 Å². The van der Waals surface area contributed by atoms with E-state index in [4.69, 9.17) is 14.1 Å². The fourth-order valence-electron chi connectivity index (χ4n) is 2.70.